The first-order valence-electron chi connectivity index (χ1n) is 10.5. The van der Waals surface area contributed by atoms with Gasteiger partial charge in [0.1, 0.15) is 5.52 Å². The zero-order chi connectivity index (χ0) is 22.2. The number of nitrogens with zero attached hydrogens (tertiary/aromatic N) is 1. The molecule has 0 radical (unpaired) electrons. The van der Waals surface area contributed by atoms with Crippen molar-refractivity contribution in [2.45, 2.75) is 19.8 Å². The Bertz CT molecular complexity index is 1470. The monoisotopic (exact) mass is 440 g/mol. The minimum Gasteiger partial charge on any atom is -0.436 e. The van der Waals surface area contributed by atoms with Crippen LogP contribution >= 0.6 is 11.6 Å². The summed E-state index contributed by atoms with van der Waals surface area (Å²) in [5.41, 5.74) is 4.55. The highest BCUT2D eigenvalue weighted by molar-refractivity contribution is 6.34. The Morgan fingerprint density at radius 1 is 0.938 bits per heavy atom. The molecule has 4 aromatic carbocycles. The minimum absolute atomic E-state index is 0.228. The van der Waals surface area contributed by atoms with Crippen LogP contribution in [0.25, 0.3) is 33.3 Å². The lowest BCUT2D eigenvalue weighted by Gasteiger charge is -2.09. The first-order valence-corrected chi connectivity index (χ1v) is 10.9. The molecule has 1 heterocycles. The Kier molecular flexibility index (Phi) is 5.16. The van der Waals surface area contributed by atoms with Crippen LogP contribution in [0, 0.1) is 0 Å². The van der Waals surface area contributed by atoms with E-state index in [9.17, 15) is 4.79 Å². The highest BCUT2D eigenvalue weighted by Crippen LogP contribution is 2.32. The number of oxazole rings is 1. The maximum absolute atomic E-state index is 12.9. The van der Waals surface area contributed by atoms with Crippen molar-refractivity contribution in [2.24, 2.45) is 0 Å². The van der Waals surface area contributed by atoms with Gasteiger partial charge in [0.05, 0.1) is 10.7 Å². The SMILES string of the molecule is CC(C)c1ccc2oc(-c3ccc(Cl)c(NC(=O)c4ccc5ccccc5c4)c3)nc2c1. The molecule has 1 N–H and O–H groups in total. The average Bonchev–Trinajstić information content (AvgIpc) is 3.23. The van der Waals surface area contributed by atoms with Crippen LogP contribution in [0.3, 0.4) is 0 Å². The second-order valence-electron chi connectivity index (χ2n) is 8.11. The Labute approximate surface area is 190 Å². The van der Waals surface area contributed by atoms with E-state index in [1.165, 1.54) is 5.56 Å². The molecule has 5 heteroatoms. The van der Waals surface area contributed by atoms with Crippen molar-refractivity contribution in [3.63, 3.8) is 0 Å². The van der Waals surface area contributed by atoms with E-state index in [0.29, 0.717) is 28.1 Å². The van der Waals surface area contributed by atoms with E-state index in [1.807, 2.05) is 60.7 Å². The fourth-order valence-corrected chi connectivity index (χ4v) is 3.87. The summed E-state index contributed by atoms with van der Waals surface area (Å²) in [6, 6.07) is 24.9. The van der Waals surface area contributed by atoms with Crippen LogP contribution in [0.2, 0.25) is 5.02 Å². The molecule has 0 spiro atoms. The Morgan fingerprint density at radius 3 is 2.56 bits per heavy atom. The van der Waals surface area contributed by atoms with Crippen LogP contribution in [0.1, 0.15) is 35.7 Å². The van der Waals surface area contributed by atoms with Crippen molar-refractivity contribution in [3.8, 4) is 11.5 Å². The molecular formula is C27H21ClN2O2. The number of amides is 1. The van der Waals surface area contributed by atoms with E-state index in [4.69, 9.17) is 16.0 Å². The van der Waals surface area contributed by atoms with Gasteiger partial charge >= 0.3 is 0 Å². The molecule has 32 heavy (non-hydrogen) atoms. The van der Waals surface area contributed by atoms with Crippen LogP contribution in [-0.4, -0.2) is 10.9 Å². The summed E-state index contributed by atoms with van der Waals surface area (Å²) >= 11 is 6.38. The van der Waals surface area contributed by atoms with Gasteiger partial charge in [0, 0.05) is 11.1 Å². The number of carbonyl (C=O) groups excluding carboxylic acids is 1. The average molecular weight is 441 g/mol. The van der Waals surface area contributed by atoms with Gasteiger partial charge in [-0.3, -0.25) is 4.79 Å². The smallest absolute Gasteiger partial charge is 0.255 e. The number of aromatic nitrogens is 1. The van der Waals surface area contributed by atoms with Gasteiger partial charge in [-0.2, -0.15) is 0 Å². The normalized spacial score (nSPS) is 11.4. The fraction of sp³-hybridized carbons (Fsp3) is 0.111. The number of rotatable bonds is 4. The third-order valence-electron chi connectivity index (χ3n) is 5.55. The Hall–Kier alpha value is -3.63. The van der Waals surface area contributed by atoms with Crippen LogP contribution in [0.4, 0.5) is 5.69 Å². The lowest BCUT2D eigenvalue weighted by atomic mass is 10.0. The highest BCUT2D eigenvalue weighted by atomic mass is 35.5. The standard InChI is InChI=1S/C27H21ClN2O2/c1-16(2)18-10-12-25-24(14-18)30-27(32-25)21-9-11-22(28)23(15-21)29-26(31)20-8-7-17-5-3-4-6-19(17)13-20/h3-16H,1-2H3,(H,29,31). The van der Waals surface area contributed by atoms with Crippen LogP contribution in [0.5, 0.6) is 0 Å². The van der Waals surface area contributed by atoms with Gasteiger partial charge in [0.25, 0.3) is 5.91 Å². The zero-order valence-corrected chi connectivity index (χ0v) is 18.5. The molecule has 0 saturated carbocycles. The van der Waals surface area contributed by atoms with Crippen LogP contribution in [-0.2, 0) is 0 Å². The van der Waals surface area contributed by atoms with E-state index in [0.717, 1.165) is 27.4 Å². The summed E-state index contributed by atoms with van der Waals surface area (Å²) in [5.74, 6) is 0.666. The highest BCUT2D eigenvalue weighted by Gasteiger charge is 2.14. The number of carbonyl (C=O) groups is 1. The molecule has 0 aliphatic carbocycles. The van der Waals surface area contributed by atoms with Crippen molar-refractivity contribution < 1.29 is 9.21 Å². The van der Waals surface area contributed by atoms with Gasteiger partial charge in [-0.1, -0.05) is 61.8 Å². The second kappa shape index (κ2) is 8.13. The molecular weight excluding hydrogens is 420 g/mol. The van der Waals surface area contributed by atoms with E-state index in [2.05, 4.69) is 30.2 Å². The molecule has 5 rings (SSSR count). The molecule has 0 fully saturated rings. The summed E-state index contributed by atoms with van der Waals surface area (Å²) in [7, 11) is 0. The summed E-state index contributed by atoms with van der Waals surface area (Å²) in [6.07, 6.45) is 0. The van der Waals surface area contributed by atoms with Crippen molar-refractivity contribution >= 4 is 45.1 Å². The number of anilines is 1. The van der Waals surface area contributed by atoms with Gasteiger partial charge in [-0.25, -0.2) is 4.98 Å². The number of hydrogen-bond donors (Lipinski definition) is 1. The molecule has 158 valence electrons. The van der Waals surface area contributed by atoms with Crippen LogP contribution in [0.15, 0.2) is 83.3 Å². The number of fused-ring (bicyclic) bond motifs is 2. The topological polar surface area (TPSA) is 55.1 Å². The molecule has 0 unspecified atom stereocenters. The summed E-state index contributed by atoms with van der Waals surface area (Å²) in [5, 5.41) is 5.45. The van der Waals surface area contributed by atoms with Crippen molar-refractivity contribution in [1.82, 2.24) is 4.98 Å². The minimum atomic E-state index is -0.228. The number of hydrogen-bond acceptors (Lipinski definition) is 3. The van der Waals surface area contributed by atoms with Crippen molar-refractivity contribution in [3.05, 3.63) is 95.0 Å². The molecule has 0 aliphatic heterocycles. The first-order chi connectivity index (χ1) is 15.5. The van der Waals surface area contributed by atoms with E-state index >= 15 is 0 Å². The van der Waals surface area contributed by atoms with Gasteiger partial charge in [0.2, 0.25) is 5.89 Å². The first kappa shape index (κ1) is 20.3. The number of halogens is 1. The molecule has 0 atom stereocenters. The Morgan fingerprint density at radius 2 is 1.75 bits per heavy atom. The van der Waals surface area contributed by atoms with E-state index in [1.54, 1.807) is 12.1 Å². The Balaban J connectivity index is 1.45. The summed E-state index contributed by atoms with van der Waals surface area (Å²) in [4.78, 5) is 17.5. The lowest BCUT2D eigenvalue weighted by Crippen LogP contribution is -2.12. The predicted octanol–water partition coefficient (Wildman–Crippen LogP) is 7.68. The molecule has 1 amide bonds. The zero-order valence-electron chi connectivity index (χ0n) is 17.7. The van der Waals surface area contributed by atoms with Crippen molar-refractivity contribution in [1.29, 1.82) is 0 Å². The van der Waals surface area contributed by atoms with Gasteiger partial charge in [-0.15, -0.1) is 0 Å². The van der Waals surface area contributed by atoms with Crippen molar-refractivity contribution in [2.75, 3.05) is 5.32 Å². The van der Waals surface area contributed by atoms with Gasteiger partial charge in [0.15, 0.2) is 5.58 Å². The van der Waals surface area contributed by atoms with Crippen LogP contribution < -0.4 is 5.32 Å². The lowest BCUT2D eigenvalue weighted by molar-refractivity contribution is 0.102. The van der Waals surface area contributed by atoms with E-state index in [-0.39, 0.29) is 5.91 Å². The van der Waals surface area contributed by atoms with E-state index < -0.39 is 0 Å². The maximum atomic E-state index is 12.9. The third-order valence-corrected chi connectivity index (χ3v) is 5.88. The summed E-state index contributed by atoms with van der Waals surface area (Å²) < 4.78 is 5.95. The fourth-order valence-electron chi connectivity index (χ4n) is 3.71. The van der Waals surface area contributed by atoms with Gasteiger partial charge < -0.3 is 9.73 Å². The molecule has 4 nitrogen and oxygen atoms in total. The molecule has 1 aromatic heterocycles. The number of nitrogens with one attached hydrogen (secondary N) is 1. The molecule has 0 saturated heterocycles. The predicted molar refractivity (Wildman–Crippen MR) is 130 cm³/mol. The van der Waals surface area contributed by atoms with Gasteiger partial charge in [-0.05, 0) is 64.7 Å². The molecule has 0 bridgehead atoms. The third kappa shape index (κ3) is 3.85. The quantitative estimate of drug-likeness (QED) is 0.312. The largest absolute Gasteiger partial charge is 0.436 e. The molecule has 0 aliphatic rings. The maximum Gasteiger partial charge on any atom is 0.255 e. The summed E-state index contributed by atoms with van der Waals surface area (Å²) in [6.45, 7) is 4.29. The molecule has 5 aromatic rings. The number of benzene rings is 4. The second-order valence-corrected chi connectivity index (χ2v) is 8.52.